The number of hydrogen-bond donors (Lipinski definition) is 0. The molecule has 0 bridgehead atoms. The van der Waals surface area contributed by atoms with E-state index in [0.29, 0.717) is 11.3 Å². The van der Waals surface area contributed by atoms with Crippen LogP contribution in [0, 0.1) is 0 Å². The Morgan fingerprint density at radius 2 is 1.33 bits per heavy atom. The summed E-state index contributed by atoms with van der Waals surface area (Å²) in [6.07, 6.45) is 0. The summed E-state index contributed by atoms with van der Waals surface area (Å²) < 4.78 is 9.31. The minimum atomic E-state index is -0.766. The van der Waals surface area contributed by atoms with Gasteiger partial charge in [0.05, 0.1) is 25.3 Å². The van der Waals surface area contributed by atoms with Gasteiger partial charge in [-0.15, -0.1) is 0 Å². The van der Waals surface area contributed by atoms with Crippen molar-refractivity contribution in [3.63, 3.8) is 0 Å². The van der Waals surface area contributed by atoms with Gasteiger partial charge in [-0.3, -0.25) is 9.59 Å². The fourth-order valence-electron chi connectivity index (χ4n) is 2.37. The Labute approximate surface area is 160 Å². The highest BCUT2D eigenvalue weighted by Crippen LogP contribution is 2.20. The summed E-state index contributed by atoms with van der Waals surface area (Å²) in [6.45, 7) is 0. The maximum absolute atomic E-state index is 12.7. The minimum absolute atomic E-state index is 0.00599. The van der Waals surface area contributed by atoms with Gasteiger partial charge in [-0.2, -0.15) is 0 Å². The maximum Gasteiger partial charge on any atom is 0.338 e. The van der Waals surface area contributed by atoms with Gasteiger partial charge in [-0.05, 0) is 54.1 Å². The lowest BCUT2D eigenvalue weighted by Crippen LogP contribution is -2.27. The van der Waals surface area contributed by atoms with Crippen molar-refractivity contribution in [2.24, 2.45) is 0 Å². The molecular formula is C19H16ClNO6. The van der Waals surface area contributed by atoms with Crippen LogP contribution in [0.1, 0.15) is 41.4 Å². The Morgan fingerprint density at radius 1 is 0.815 bits per heavy atom. The van der Waals surface area contributed by atoms with Crippen molar-refractivity contribution >= 4 is 40.4 Å². The molecule has 0 aliphatic carbocycles. The summed E-state index contributed by atoms with van der Waals surface area (Å²) in [7, 11) is 3.89. The molecule has 0 saturated heterocycles. The first kappa shape index (κ1) is 20.1. The number of ether oxygens (including phenoxy) is 2. The number of hydrogen-bond acceptors (Lipinski definition) is 6. The first-order valence-corrected chi connectivity index (χ1v) is 8.06. The molecule has 1 amide bonds. The van der Waals surface area contributed by atoms with Crippen molar-refractivity contribution in [2.75, 3.05) is 26.2 Å². The predicted molar refractivity (Wildman–Crippen MR) is 98.5 cm³/mol. The van der Waals surface area contributed by atoms with Crippen molar-refractivity contribution in [1.82, 2.24) is 0 Å². The Balaban J connectivity index is 2.38. The van der Waals surface area contributed by atoms with Crippen molar-refractivity contribution in [3.05, 3.63) is 64.7 Å². The van der Waals surface area contributed by atoms with E-state index in [1.165, 1.54) is 56.5 Å². The molecular weight excluding hydrogens is 374 g/mol. The van der Waals surface area contributed by atoms with Gasteiger partial charge in [0.15, 0.2) is 0 Å². The summed E-state index contributed by atoms with van der Waals surface area (Å²) in [5, 5.41) is -0.600. The number of carbonyl (C=O) groups excluding carboxylic acids is 4. The van der Waals surface area contributed by atoms with Crippen LogP contribution in [-0.2, 0) is 9.47 Å². The lowest BCUT2D eigenvalue weighted by Gasteiger charge is -2.18. The first-order chi connectivity index (χ1) is 12.8. The van der Waals surface area contributed by atoms with Crippen LogP contribution in [-0.4, -0.2) is 44.4 Å². The van der Waals surface area contributed by atoms with Crippen LogP contribution >= 0.6 is 11.6 Å². The Kier molecular flexibility index (Phi) is 6.31. The number of methoxy groups -OCH3 is 2. The topological polar surface area (TPSA) is 90.0 Å². The van der Waals surface area contributed by atoms with Crippen molar-refractivity contribution in [1.29, 1.82) is 0 Å². The fraction of sp³-hybridized carbons (Fsp3) is 0.158. The van der Waals surface area contributed by atoms with Crippen molar-refractivity contribution in [2.45, 2.75) is 0 Å². The molecule has 0 atom stereocenters. The van der Waals surface area contributed by atoms with Crippen LogP contribution in [0.2, 0.25) is 0 Å². The van der Waals surface area contributed by atoms with Gasteiger partial charge in [0.2, 0.25) is 0 Å². The highest BCUT2D eigenvalue weighted by molar-refractivity contribution is 6.67. The quantitative estimate of drug-likeness (QED) is 0.577. The molecule has 0 fully saturated rings. The van der Waals surface area contributed by atoms with Gasteiger partial charge >= 0.3 is 11.9 Å². The number of amides is 1. The lowest BCUT2D eigenvalue weighted by atomic mass is 10.0. The Hall–Kier alpha value is -3.19. The van der Waals surface area contributed by atoms with Gasteiger partial charge in [-0.1, -0.05) is 0 Å². The fourth-order valence-corrected chi connectivity index (χ4v) is 2.50. The second-order valence-electron chi connectivity index (χ2n) is 5.43. The molecule has 0 aromatic heterocycles. The van der Waals surface area contributed by atoms with Crippen molar-refractivity contribution < 1.29 is 28.7 Å². The van der Waals surface area contributed by atoms with E-state index in [9.17, 15) is 19.2 Å². The Morgan fingerprint density at radius 3 is 1.85 bits per heavy atom. The molecule has 0 aliphatic heterocycles. The summed E-state index contributed by atoms with van der Waals surface area (Å²) >= 11 is 5.41. The zero-order valence-corrected chi connectivity index (χ0v) is 15.6. The molecule has 27 heavy (non-hydrogen) atoms. The number of halogens is 1. The standard InChI is InChI=1S/C19H16ClNO6/c1-21(13-7-4-11(5-8-13)16(20)22)17(23)12-6-9-14(18(24)26-2)15(10-12)19(25)27-3/h4-10H,1-3H3. The Bertz CT molecular complexity index is 907. The molecule has 7 nitrogen and oxygen atoms in total. The smallest absolute Gasteiger partial charge is 0.338 e. The summed E-state index contributed by atoms with van der Waals surface area (Å²) in [5.74, 6) is -1.91. The molecule has 8 heteroatoms. The molecule has 0 saturated carbocycles. The highest BCUT2D eigenvalue weighted by Gasteiger charge is 2.22. The highest BCUT2D eigenvalue weighted by atomic mass is 35.5. The lowest BCUT2D eigenvalue weighted by molar-refractivity contribution is 0.0555. The molecule has 2 aromatic rings. The molecule has 0 unspecified atom stereocenters. The molecule has 0 aliphatic rings. The van der Waals surface area contributed by atoms with Crippen LogP contribution in [0.25, 0.3) is 0 Å². The van der Waals surface area contributed by atoms with Gasteiger partial charge in [-0.25, -0.2) is 9.59 Å². The van der Waals surface area contributed by atoms with Crippen LogP contribution in [0.3, 0.4) is 0 Å². The third-order valence-electron chi connectivity index (χ3n) is 3.86. The van der Waals surface area contributed by atoms with E-state index in [4.69, 9.17) is 11.6 Å². The molecule has 0 radical (unpaired) electrons. The van der Waals surface area contributed by atoms with E-state index >= 15 is 0 Å². The number of benzene rings is 2. The maximum atomic E-state index is 12.7. The summed E-state index contributed by atoms with van der Waals surface area (Å²) in [5.41, 5.74) is 0.901. The third-order valence-corrected chi connectivity index (χ3v) is 4.08. The molecule has 0 heterocycles. The monoisotopic (exact) mass is 389 g/mol. The number of carbonyl (C=O) groups is 4. The van der Waals surface area contributed by atoms with E-state index < -0.39 is 23.1 Å². The van der Waals surface area contributed by atoms with Crippen LogP contribution in [0.15, 0.2) is 42.5 Å². The first-order valence-electron chi connectivity index (χ1n) is 7.68. The van der Waals surface area contributed by atoms with E-state index in [1.54, 1.807) is 12.1 Å². The molecule has 140 valence electrons. The van der Waals surface area contributed by atoms with Crippen molar-refractivity contribution in [3.8, 4) is 0 Å². The van der Waals surface area contributed by atoms with Crippen LogP contribution < -0.4 is 4.90 Å². The zero-order chi connectivity index (χ0) is 20.1. The second-order valence-corrected chi connectivity index (χ2v) is 5.77. The number of rotatable bonds is 5. The SMILES string of the molecule is COC(=O)c1ccc(C(=O)N(C)c2ccc(C(=O)Cl)cc2)cc1C(=O)OC. The second kappa shape index (κ2) is 8.46. The summed E-state index contributed by atoms with van der Waals surface area (Å²) in [6, 6.07) is 10.1. The van der Waals surface area contributed by atoms with Gasteiger partial charge in [0.1, 0.15) is 0 Å². The average Bonchev–Trinajstić information content (AvgIpc) is 2.71. The van der Waals surface area contributed by atoms with Crippen LogP contribution in [0.4, 0.5) is 5.69 Å². The number of esters is 2. The number of anilines is 1. The predicted octanol–water partition coefficient (Wildman–Crippen LogP) is 2.92. The third kappa shape index (κ3) is 4.32. The normalized spacial score (nSPS) is 10.1. The number of nitrogens with zero attached hydrogens (tertiary/aromatic N) is 1. The average molecular weight is 390 g/mol. The molecule has 0 N–H and O–H groups in total. The molecule has 2 aromatic carbocycles. The summed E-state index contributed by atoms with van der Waals surface area (Å²) in [4.78, 5) is 49.0. The minimum Gasteiger partial charge on any atom is -0.465 e. The van der Waals surface area contributed by atoms with E-state index in [0.717, 1.165) is 0 Å². The molecule has 2 rings (SSSR count). The van der Waals surface area contributed by atoms with Crippen LogP contribution in [0.5, 0.6) is 0 Å². The van der Waals surface area contributed by atoms with Gasteiger partial charge in [0, 0.05) is 23.9 Å². The van der Waals surface area contributed by atoms with E-state index in [-0.39, 0.29) is 16.7 Å². The zero-order valence-electron chi connectivity index (χ0n) is 14.8. The molecule has 0 spiro atoms. The van der Waals surface area contributed by atoms with Gasteiger partial charge in [0.25, 0.3) is 11.1 Å². The van der Waals surface area contributed by atoms with Gasteiger partial charge < -0.3 is 14.4 Å². The largest absolute Gasteiger partial charge is 0.465 e. The van der Waals surface area contributed by atoms with E-state index in [2.05, 4.69) is 9.47 Å². The van der Waals surface area contributed by atoms with E-state index in [1.807, 2.05) is 0 Å².